The lowest BCUT2D eigenvalue weighted by Crippen LogP contribution is -2.55. The summed E-state index contributed by atoms with van der Waals surface area (Å²) < 4.78 is 2.83. The molecule has 0 radical (unpaired) electrons. The second-order valence-electron chi connectivity index (χ2n) is 13.7. The molecule has 0 aromatic carbocycles. The summed E-state index contributed by atoms with van der Waals surface area (Å²) >= 11 is 11.6. The first-order valence-electron chi connectivity index (χ1n) is 15.2. The molecule has 2 heterocycles. The van der Waals surface area contributed by atoms with E-state index in [1.807, 2.05) is 0 Å². The average Bonchev–Trinajstić information content (AvgIpc) is 3.44. The lowest BCUT2D eigenvalue weighted by atomic mass is 9.54. The first kappa shape index (κ1) is 31.6. The SMILES string of the molecule is Cl.Cn1ncc(C(=O)NC2C3CC4CC(C3)CC2C4)c1Cl.Cn1ncc(C(=O)O)c1Cl.NC1C2CC3CC(C2)CC1C3. The number of aromatic carboxylic acids is 1. The van der Waals surface area contributed by atoms with Crippen molar-refractivity contribution in [2.45, 2.75) is 76.3 Å². The van der Waals surface area contributed by atoms with Crippen LogP contribution in [0.25, 0.3) is 0 Å². The molecule has 0 aliphatic heterocycles. The summed E-state index contributed by atoms with van der Waals surface area (Å²) in [5.41, 5.74) is 6.70. The molecule has 8 saturated carbocycles. The topological polar surface area (TPSA) is 128 Å². The van der Waals surface area contributed by atoms with Crippen molar-refractivity contribution in [3.05, 3.63) is 33.8 Å². The normalized spacial score (nSPS) is 36.3. The van der Waals surface area contributed by atoms with Gasteiger partial charge in [0.1, 0.15) is 15.9 Å². The van der Waals surface area contributed by atoms with Crippen LogP contribution in [0.15, 0.2) is 12.4 Å². The lowest BCUT2D eigenvalue weighted by Gasteiger charge is -2.54. The molecule has 8 aliphatic carbocycles. The minimum atomic E-state index is -1.06. The van der Waals surface area contributed by atoms with Crippen molar-refractivity contribution in [2.75, 3.05) is 0 Å². The zero-order chi connectivity index (χ0) is 29.0. The predicted octanol–water partition coefficient (Wildman–Crippen LogP) is 5.59. The molecule has 8 fully saturated rings. The highest BCUT2D eigenvalue weighted by atomic mass is 35.5. The first-order chi connectivity index (χ1) is 19.6. The third-order valence-electron chi connectivity index (χ3n) is 11.0. The third-order valence-corrected chi connectivity index (χ3v) is 11.9. The minimum Gasteiger partial charge on any atom is -0.478 e. The Morgan fingerprint density at radius 3 is 1.48 bits per heavy atom. The Balaban J connectivity index is 0.000000136. The van der Waals surface area contributed by atoms with Crippen LogP contribution in [-0.2, 0) is 14.1 Å². The molecule has 1 amide bonds. The number of hydrogen-bond donors (Lipinski definition) is 3. The van der Waals surface area contributed by atoms with Gasteiger partial charge in [-0.25, -0.2) is 4.79 Å². The van der Waals surface area contributed by atoms with Gasteiger partial charge in [0.25, 0.3) is 5.91 Å². The minimum absolute atomic E-state index is 0. The quantitative estimate of drug-likeness (QED) is 0.401. The van der Waals surface area contributed by atoms with Crippen LogP contribution >= 0.6 is 35.6 Å². The highest BCUT2D eigenvalue weighted by molar-refractivity contribution is 6.33. The molecule has 2 aromatic rings. The van der Waals surface area contributed by atoms with Gasteiger partial charge in [0.2, 0.25) is 0 Å². The monoisotopic (exact) mass is 640 g/mol. The number of aryl methyl sites for hydroxylation is 2. The number of carboxylic acids is 1. The van der Waals surface area contributed by atoms with Crippen LogP contribution in [-0.4, -0.2) is 48.6 Å². The summed E-state index contributed by atoms with van der Waals surface area (Å²) in [5.74, 6) is 6.11. The van der Waals surface area contributed by atoms with Crippen molar-refractivity contribution >= 4 is 47.5 Å². The summed E-state index contributed by atoms with van der Waals surface area (Å²) in [4.78, 5) is 22.7. The first-order valence-corrected chi connectivity index (χ1v) is 16.0. The Kier molecular flexibility index (Phi) is 9.53. The van der Waals surface area contributed by atoms with E-state index in [-0.39, 0.29) is 29.0 Å². The summed E-state index contributed by atoms with van der Waals surface area (Å²) in [5, 5.41) is 20.0. The van der Waals surface area contributed by atoms with Crippen molar-refractivity contribution in [3.8, 4) is 0 Å². The third kappa shape index (κ3) is 6.21. The smallest absolute Gasteiger partial charge is 0.340 e. The summed E-state index contributed by atoms with van der Waals surface area (Å²) in [7, 11) is 3.33. The average molecular weight is 642 g/mol. The Morgan fingerprint density at radius 1 is 0.762 bits per heavy atom. The van der Waals surface area contributed by atoms with Gasteiger partial charge in [0.15, 0.2) is 0 Å². The molecule has 0 unspecified atom stereocenters. The van der Waals surface area contributed by atoms with Gasteiger partial charge in [-0.2, -0.15) is 10.2 Å². The van der Waals surface area contributed by atoms with E-state index < -0.39 is 5.97 Å². The van der Waals surface area contributed by atoms with Crippen molar-refractivity contribution < 1.29 is 14.7 Å². The van der Waals surface area contributed by atoms with Crippen LogP contribution in [0.2, 0.25) is 10.3 Å². The van der Waals surface area contributed by atoms with E-state index in [1.165, 1.54) is 73.3 Å². The zero-order valence-corrected chi connectivity index (χ0v) is 26.6. The summed E-state index contributed by atoms with van der Waals surface area (Å²) in [6.07, 6.45) is 16.8. The van der Waals surface area contributed by atoms with Gasteiger partial charge in [-0.3, -0.25) is 14.2 Å². The summed E-state index contributed by atoms with van der Waals surface area (Å²) in [6, 6.07) is 0.939. The Labute approximate surface area is 263 Å². The molecule has 4 N–H and O–H groups in total. The molecule has 2 aromatic heterocycles. The molecule has 8 bridgehead atoms. The molecule has 9 nitrogen and oxygen atoms in total. The molecular formula is C30H43Cl3N6O3. The molecular weight excluding hydrogens is 599 g/mol. The second kappa shape index (κ2) is 12.7. The van der Waals surface area contributed by atoms with Crippen molar-refractivity contribution in [1.82, 2.24) is 24.9 Å². The van der Waals surface area contributed by atoms with Gasteiger partial charge >= 0.3 is 5.97 Å². The van der Waals surface area contributed by atoms with E-state index >= 15 is 0 Å². The number of carbonyl (C=O) groups is 2. The predicted molar refractivity (Wildman–Crippen MR) is 164 cm³/mol. The van der Waals surface area contributed by atoms with Crippen molar-refractivity contribution in [3.63, 3.8) is 0 Å². The van der Waals surface area contributed by atoms with Gasteiger partial charge in [0.05, 0.1) is 18.0 Å². The number of amides is 1. The van der Waals surface area contributed by atoms with Crippen molar-refractivity contribution in [1.29, 1.82) is 0 Å². The second-order valence-corrected chi connectivity index (χ2v) is 14.4. The molecule has 12 heteroatoms. The molecule has 10 rings (SSSR count). The number of carbonyl (C=O) groups excluding carboxylic acids is 1. The fraction of sp³-hybridized carbons (Fsp3) is 0.733. The number of carboxylic acid groups (broad SMARTS) is 1. The number of hydrogen-bond acceptors (Lipinski definition) is 5. The van der Waals surface area contributed by atoms with E-state index in [9.17, 15) is 9.59 Å². The van der Waals surface area contributed by atoms with Gasteiger partial charge in [-0.05, 0) is 112 Å². The largest absolute Gasteiger partial charge is 0.478 e. The fourth-order valence-corrected chi connectivity index (χ4v) is 9.85. The van der Waals surface area contributed by atoms with Gasteiger partial charge < -0.3 is 16.2 Å². The van der Waals surface area contributed by atoms with Gasteiger partial charge in [0, 0.05) is 26.2 Å². The number of aromatic nitrogens is 4. The fourth-order valence-electron chi connectivity index (χ4n) is 9.50. The Bertz CT molecular complexity index is 1240. The van der Waals surface area contributed by atoms with Crippen LogP contribution in [0.1, 0.15) is 84.9 Å². The van der Waals surface area contributed by atoms with Gasteiger partial charge in [-0.1, -0.05) is 23.2 Å². The van der Waals surface area contributed by atoms with E-state index in [0.29, 0.717) is 34.6 Å². The number of halogens is 3. The van der Waals surface area contributed by atoms with E-state index in [1.54, 1.807) is 26.7 Å². The highest BCUT2D eigenvalue weighted by Gasteiger charge is 2.49. The number of rotatable bonds is 3. The van der Waals surface area contributed by atoms with Gasteiger partial charge in [-0.15, -0.1) is 12.4 Å². The van der Waals surface area contributed by atoms with E-state index in [0.717, 1.165) is 35.5 Å². The van der Waals surface area contributed by atoms with Crippen LogP contribution in [0.4, 0.5) is 0 Å². The number of nitrogens with two attached hydrogens (primary N) is 1. The van der Waals surface area contributed by atoms with Crippen LogP contribution in [0, 0.1) is 47.3 Å². The van der Waals surface area contributed by atoms with Crippen LogP contribution in [0.5, 0.6) is 0 Å². The number of nitrogens with zero attached hydrogens (tertiary/aromatic N) is 4. The highest BCUT2D eigenvalue weighted by Crippen LogP contribution is 2.54. The Morgan fingerprint density at radius 2 is 1.14 bits per heavy atom. The number of nitrogens with one attached hydrogen (secondary N) is 1. The van der Waals surface area contributed by atoms with E-state index in [4.69, 9.17) is 34.0 Å². The van der Waals surface area contributed by atoms with Crippen molar-refractivity contribution in [2.24, 2.45) is 67.2 Å². The molecule has 42 heavy (non-hydrogen) atoms. The standard InChI is InChI=1S/C15H20ClN3O.C10H17N.C5H5ClN2O2.ClH/c1-19-14(16)12(7-17-19)15(20)18-13-10-3-8-2-9(5-10)6-11(13)4-8;11-10-8-2-6-1-7(4-8)5-9(10)3-6;1-8-4(6)3(2-7-8)5(9)10;/h7-11,13H,2-6H2,1H3,(H,18,20);6-10H,1-5,11H2;2H,1H3,(H,9,10);1H. The maximum absolute atomic E-state index is 12.4. The molecule has 232 valence electrons. The molecule has 0 atom stereocenters. The molecule has 0 saturated heterocycles. The van der Waals surface area contributed by atoms with E-state index in [2.05, 4.69) is 15.5 Å². The lowest BCUT2D eigenvalue weighted by molar-refractivity contribution is -0.0119. The maximum atomic E-state index is 12.4. The Hall–Kier alpha value is -1.81. The van der Waals surface area contributed by atoms with Crippen LogP contribution in [0.3, 0.4) is 0 Å². The summed E-state index contributed by atoms with van der Waals surface area (Å²) in [6.45, 7) is 0. The van der Waals surface area contributed by atoms with Crippen LogP contribution < -0.4 is 11.1 Å². The maximum Gasteiger partial charge on any atom is 0.340 e. The molecule has 8 aliphatic rings. The zero-order valence-electron chi connectivity index (χ0n) is 24.3. The molecule has 0 spiro atoms.